The molecule has 0 spiro atoms. The minimum absolute atomic E-state index is 0.516. The maximum absolute atomic E-state index is 13.0. The van der Waals surface area contributed by atoms with Crippen molar-refractivity contribution < 1.29 is 13.7 Å². The molecule has 0 saturated heterocycles. The predicted octanol–water partition coefficient (Wildman–Crippen LogP) is 3.72. The van der Waals surface area contributed by atoms with Gasteiger partial charge in [-0.25, -0.2) is 4.79 Å². The van der Waals surface area contributed by atoms with Crippen molar-refractivity contribution in [2.45, 2.75) is 43.6 Å². The van der Waals surface area contributed by atoms with Gasteiger partial charge in [0.15, 0.2) is 5.37 Å². The summed E-state index contributed by atoms with van der Waals surface area (Å²) in [4.78, 5) is 17.0. The number of hydrogen-bond acceptors (Lipinski definition) is 4. The van der Waals surface area contributed by atoms with Gasteiger partial charge in [0.05, 0.1) is 16.5 Å². The normalized spacial score (nSPS) is 13.8. The second-order valence-corrected chi connectivity index (χ2v) is 7.93. The number of ether oxygens (including phenoxy) is 1. The van der Waals surface area contributed by atoms with Crippen LogP contribution in [-0.4, -0.2) is 20.9 Å². The second kappa shape index (κ2) is 7.57. The fourth-order valence-corrected chi connectivity index (χ4v) is 3.23. The molecular weight excluding hydrogens is 324 g/mol. The second-order valence-electron chi connectivity index (χ2n) is 6.39. The van der Waals surface area contributed by atoms with Crippen LogP contribution in [0.5, 0.6) is 0 Å². The predicted molar refractivity (Wildman–Crippen MR) is 93.9 cm³/mol. The summed E-state index contributed by atoms with van der Waals surface area (Å²) in [6, 6.07) is 12.6. The van der Waals surface area contributed by atoms with Crippen LogP contribution < -0.4 is 5.32 Å². The van der Waals surface area contributed by atoms with Gasteiger partial charge in [-0.2, -0.15) is 0 Å². The number of carbonyl (C=O) groups is 1. The minimum atomic E-state index is -1.50. The Morgan fingerprint density at radius 1 is 1.17 bits per heavy atom. The molecule has 6 heteroatoms. The molecule has 0 aliphatic heterocycles. The van der Waals surface area contributed by atoms with E-state index in [4.69, 9.17) is 4.74 Å². The van der Waals surface area contributed by atoms with Gasteiger partial charge < -0.3 is 10.1 Å². The van der Waals surface area contributed by atoms with Crippen molar-refractivity contribution in [1.29, 1.82) is 0 Å². The molecule has 2 unspecified atom stereocenters. The van der Waals surface area contributed by atoms with E-state index in [1.807, 2.05) is 19.1 Å². The summed E-state index contributed by atoms with van der Waals surface area (Å²) in [5.41, 5.74) is 0.955. The van der Waals surface area contributed by atoms with Crippen LogP contribution in [0.25, 0.3) is 0 Å². The van der Waals surface area contributed by atoms with E-state index >= 15 is 0 Å². The van der Waals surface area contributed by atoms with Gasteiger partial charge in [0.1, 0.15) is 5.60 Å². The van der Waals surface area contributed by atoms with Gasteiger partial charge in [0.2, 0.25) is 0 Å². The highest BCUT2D eigenvalue weighted by Gasteiger charge is 2.26. The highest BCUT2D eigenvalue weighted by Crippen LogP contribution is 2.22. The number of aryl methyl sites for hydroxylation is 1. The number of amides is 1. The Morgan fingerprint density at radius 2 is 1.83 bits per heavy atom. The van der Waals surface area contributed by atoms with Gasteiger partial charge in [0.25, 0.3) is 0 Å². The monoisotopic (exact) mass is 346 g/mol. The van der Waals surface area contributed by atoms with Crippen LogP contribution in [-0.2, 0) is 15.5 Å². The maximum Gasteiger partial charge on any atom is 0.408 e. The van der Waals surface area contributed by atoms with Crippen molar-refractivity contribution in [2.75, 3.05) is 0 Å². The first-order valence-electron chi connectivity index (χ1n) is 7.64. The van der Waals surface area contributed by atoms with Crippen LogP contribution >= 0.6 is 0 Å². The number of hydrogen-bond donors (Lipinski definition) is 1. The molecule has 0 radical (unpaired) electrons. The van der Waals surface area contributed by atoms with Crippen LogP contribution in [0.15, 0.2) is 53.6 Å². The first-order valence-corrected chi connectivity index (χ1v) is 8.85. The summed E-state index contributed by atoms with van der Waals surface area (Å²) in [6.45, 7) is 7.29. The summed E-state index contributed by atoms with van der Waals surface area (Å²) < 4.78 is 18.2. The van der Waals surface area contributed by atoms with Gasteiger partial charge in [0, 0.05) is 11.1 Å². The Bertz CT molecular complexity index is 709. The van der Waals surface area contributed by atoms with E-state index in [0.29, 0.717) is 10.6 Å². The van der Waals surface area contributed by atoms with Gasteiger partial charge in [-0.3, -0.25) is 9.19 Å². The lowest BCUT2D eigenvalue weighted by Crippen LogP contribution is -2.36. The third kappa shape index (κ3) is 5.16. The Labute approximate surface area is 144 Å². The largest absolute Gasteiger partial charge is 0.444 e. The van der Waals surface area contributed by atoms with Gasteiger partial charge in [-0.15, -0.1) is 0 Å². The Kier molecular flexibility index (Phi) is 5.72. The van der Waals surface area contributed by atoms with Gasteiger partial charge in [-0.05, 0) is 52.0 Å². The Balaban J connectivity index is 2.28. The number of nitrogens with one attached hydrogen (secondary N) is 1. The molecule has 24 heavy (non-hydrogen) atoms. The molecule has 0 saturated carbocycles. The average molecular weight is 346 g/mol. The first kappa shape index (κ1) is 18.1. The zero-order valence-corrected chi connectivity index (χ0v) is 15.1. The topological polar surface area (TPSA) is 68.3 Å². The number of benzene rings is 1. The molecule has 1 amide bonds. The van der Waals surface area contributed by atoms with Gasteiger partial charge >= 0.3 is 6.09 Å². The van der Waals surface area contributed by atoms with Crippen molar-refractivity contribution in [3.8, 4) is 0 Å². The highest BCUT2D eigenvalue weighted by atomic mass is 32.2. The number of carbonyl (C=O) groups excluding carboxylic acids is 1. The molecule has 1 aromatic heterocycles. The molecule has 1 aromatic carbocycles. The van der Waals surface area contributed by atoms with E-state index in [-0.39, 0.29) is 0 Å². The van der Waals surface area contributed by atoms with Crippen molar-refractivity contribution in [3.05, 3.63) is 59.9 Å². The van der Waals surface area contributed by atoms with E-state index in [2.05, 4.69) is 10.3 Å². The van der Waals surface area contributed by atoms with Crippen LogP contribution in [0, 0.1) is 6.92 Å². The molecule has 1 N–H and O–H groups in total. The highest BCUT2D eigenvalue weighted by molar-refractivity contribution is 7.85. The lowest BCUT2D eigenvalue weighted by atomic mass is 10.2. The fourth-order valence-electron chi connectivity index (χ4n) is 1.99. The quantitative estimate of drug-likeness (QED) is 0.916. The number of aromatic nitrogens is 1. The molecule has 1 heterocycles. The first-order chi connectivity index (χ1) is 11.3. The van der Waals surface area contributed by atoms with Crippen molar-refractivity contribution in [3.63, 3.8) is 0 Å². The molecular formula is C18H22N2O3S. The third-order valence-electron chi connectivity index (χ3n) is 3.07. The third-order valence-corrected chi connectivity index (χ3v) is 4.60. The SMILES string of the molecule is Cc1ccc(S(=O)C(NC(=O)OC(C)(C)C)c2ccccn2)cc1. The number of rotatable bonds is 4. The van der Waals surface area contributed by atoms with E-state index in [0.717, 1.165) is 5.56 Å². The minimum Gasteiger partial charge on any atom is -0.444 e. The molecule has 0 bridgehead atoms. The smallest absolute Gasteiger partial charge is 0.408 e. The summed E-state index contributed by atoms with van der Waals surface area (Å²) in [5.74, 6) is 0. The molecule has 0 aliphatic carbocycles. The number of alkyl carbamates (subject to hydrolysis) is 1. The zero-order chi connectivity index (χ0) is 17.7. The van der Waals surface area contributed by atoms with Crippen LogP contribution in [0.4, 0.5) is 4.79 Å². The van der Waals surface area contributed by atoms with E-state index < -0.39 is 27.9 Å². The molecule has 2 rings (SSSR count). The van der Waals surface area contributed by atoms with Crippen LogP contribution in [0.2, 0.25) is 0 Å². The fraction of sp³-hybridized carbons (Fsp3) is 0.333. The molecule has 128 valence electrons. The standard InChI is InChI=1S/C18H22N2O3S/c1-13-8-10-14(11-9-13)24(22)16(15-7-5-6-12-19-15)20-17(21)23-18(2,3)4/h5-12,16H,1-4H3,(H,20,21). The van der Waals surface area contributed by atoms with Crippen molar-refractivity contribution >= 4 is 16.9 Å². The van der Waals surface area contributed by atoms with Gasteiger partial charge in [-0.1, -0.05) is 23.8 Å². The number of pyridine rings is 1. The lowest BCUT2D eigenvalue weighted by molar-refractivity contribution is 0.0520. The lowest BCUT2D eigenvalue weighted by Gasteiger charge is -2.23. The molecule has 2 atom stereocenters. The molecule has 0 aliphatic rings. The van der Waals surface area contributed by atoms with Crippen LogP contribution in [0.1, 0.15) is 37.4 Å². The van der Waals surface area contributed by atoms with E-state index in [1.165, 1.54) is 0 Å². The van der Waals surface area contributed by atoms with Crippen molar-refractivity contribution in [2.24, 2.45) is 0 Å². The summed E-state index contributed by atoms with van der Waals surface area (Å²) in [7, 11) is -1.50. The number of nitrogens with zero attached hydrogens (tertiary/aromatic N) is 1. The molecule has 5 nitrogen and oxygen atoms in total. The zero-order valence-electron chi connectivity index (χ0n) is 14.3. The van der Waals surface area contributed by atoms with Crippen LogP contribution in [0.3, 0.4) is 0 Å². The van der Waals surface area contributed by atoms with E-state index in [9.17, 15) is 9.00 Å². The summed E-state index contributed by atoms with van der Waals surface area (Å²) >= 11 is 0. The molecule has 0 fully saturated rings. The average Bonchev–Trinajstić information content (AvgIpc) is 2.52. The Morgan fingerprint density at radius 3 is 2.38 bits per heavy atom. The summed E-state index contributed by atoms with van der Waals surface area (Å²) in [6.07, 6.45) is 0.976. The molecule has 2 aromatic rings. The maximum atomic E-state index is 13.0. The Hall–Kier alpha value is -2.21. The summed E-state index contributed by atoms with van der Waals surface area (Å²) in [5, 5.41) is 1.89. The van der Waals surface area contributed by atoms with Crippen molar-refractivity contribution in [1.82, 2.24) is 10.3 Å². The van der Waals surface area contributed by atoms with E-state index in [1.54, 1.807) is 57.3 Å².